The highest BCUT2D eigenvalue weighted by Crippen LogP contribution is 2.15. The van der Waals surface area contributed by atoms with E-state index >= 15 is 0 Å². The monoisotopic (exact) mass is 292 g/mol. The maximum Gasteiger partial charge on any atom is 0.335 e. The maximum absolute atomic E-state index is 11.6. The van der Waals surface area contributed by atoms with Gasteiger partial charge in [0.15, 0.2) is 0 Å². The van der Waals surface area contributed by atoms with Crippen molar-refractivity contribution in [1.29, 1.82) is 0 Å². The summed E-state index contributed by atoms with van der Waals surface area (Å²) in [7, 11) is 0. The largest absolute Gasteiger partial charge is 0.478 e. The molecule has 2 amide bonds. The molecule has 0 aromatic heterocycles. The van der Waals surface area contributed by atoms with Crippen LogP contribution in [0.5, 0.6) is 0 Å². The molecule has 21 heavy (non-hydrogen) atoms. The van der Waals surface area contributed by atoms with Gasteiger partial charge < -0.3 is 20.5 Å². The Bertz CT molecular complexity index is 498. The van der Waals surface area contributed by atoms with Crippen LogP contribution < -0.4 is 10.6 Å². The van der Waals surface area contributed by atoms with Crippen LogP contribution in [-0.2, 0) is 11.3 Å². The molecular weight excluding hydrogens is 272 g/mol. The molecule has 1 atom stereocenters. The van der Waals surface area contributed by atoms with Gasteiger partial charge in [-0.3, -0.25) is 0 Å². The third-order valence-electron chi connectivity index (χ3n) is 3.49. The number of nitrogens with one attached hydrogen (secondary N) is 2. The number of carbonyl (C=O) groups is 2. The van der Waals surface area contributed by atoms with Crippen LogP contribution in [0.4, 0.5) is 4.79 Å². The van der Waals surface area contributed by atoms with Crippen LogP contribution in [0.15, 0.2) is 24.3 Å². The van der Waals surface area contributed by atoms with Gasteiger partial charge in [-0.2, -0.15) is 0 Å². The summed E-state index contributed by atoms with van der Waals surface area (Å²) in [6, 6.07) is 6.28. The summed E-state index contributed by atoms with van der Waals surface area (Å²) >= 11 is 0. The summed E-state index contributed by atoms with van der Waals surface area (Å²) in [6.07, 6.45) is 1.98. The Hall–Kier alpha value is -2.08. The van der Waals surface area contributed by atoms with Crippen molar-refractivity contribution in [2.24, 2.45) is 5.92 Å². The van der Waals surface area contributed by atoms with Crippen molar-refractivity contribution in [2.45, 2.75) is 19.4 Å². The number of aromatic carboxylic acids is 1. The Morgan fingerprint density at radius 2 is 2.19 bits per heavy atom. The zero-order valence-electron chi connectivity index (χ0n) is 11.8. The van der Waals surface area contributed by atoms with E-state index in [-0.39, 0.29) is 11.6 Å². The molecule has 6 heteroatoms. The number of carboxylic acid groups (broad SMARTS) is 1. The van der Waals surface area contributed by atoms with Crippen LogP contribution in [0.3, 0.4) is 0 Å². The quantitative estimate of drug-likeness (QED) is 0.743. The molecule has 1 fully saturated rings. The van der Waals surface area contributed by atoms with Crippen LogP contribution in [0.25, 0.3) is 0 Å². The van der Waals surface area contributed by atoms with E-state index in [0.29, 0.717) is 19.0 Å². The number of carbonyl (C=O) groups excluding carboxylic acids is 1. The highest BCUT2D eigenvalue weighted by Gasteiger charge is 2.15. The van der Waals surface area contributed by atoms with Gasteiger partial charge in [0.05, 0.1) is 5.56 Å². The number of urea groups is 1. The first-order chi connectivity index (χ1) is 10.1. The summed E-state index contributed by atoms with van der Waals surface area (Å²) in [5.74, 6) is -0.433. The van der Waals surface area contributed by atoms with E-state index in [4.69, 9.17) is 9.84 Å². The van der Waals surface area contributed by atoms with Gasteiger partial charge in [0, 0.05) is 26.3 Å². The molecule has 1 aliphatic heterocycles. The summed E-state index contributed by atoms with van der Waals surface area (Å²) < 4.78 is 5.27. The Kier molecular flexibility index (Phi) is 5.57. The van der Waals surface area contributed by atoms with Gasteiger partial charge in [0.25, 0.3) is 0 Å². The predicted octanol–water partition coefficient (Wildman–Crippen LogP) is 1.61. The molecule has 1 aromatic carbocycles. The van der Waals surface area contributed by atoms with E-state index in [1.54, 1.807) is 18.2 Å². The van der Waals surface area contributed by atoms with Gasteiger partial charge >= 0.3 is 12.0 Å². The summed E-state index contributed by atoms with van der Waals surface area (Å²) in [6.45, 7) is 2.52. The molecule has 1 aromatic rings. The Labute approximate surface area is 123 Å². The second-order valence-corrected chi connectivity index (χ2v) is 5.13. The molecule has 1 aliphatic rings. The fourth-order valence-corrected chi connectivity index (χ4v) is 2.26. The summed E-state index contributed by atoms with van der Waals surface area (Å²) in [5.41, 5.74) is 0.977. The molecule has 1 heterocycles. The average molecular weight is 292 g/mol. The molecule has 0 bridgehead atoms. The minimum atomic E-state index is -0.972. The zero-order chi connectivity index (χ0) is 15.1. The van der Waals surface area contributed by atoms with E-state index in [2.05, 4.69) is 10.6 Å². The topological polar surface area (TPSA) is 87.7 Å². The van der Waals surface area contributed by atoms with Gasteiger partial charge in [-0.25, -0.2) is 9.59 Å². The second-order valence-electron chi connectivity index (χ2n) is 5.13. The molecule has 3 N–H and O–H groups in total. The lowest BCUT2D eigenvalue weighted by molar-refractivity contribution is 0.0696. The van der Waals surface area contributed by atoms with Crippen molar-refractivity contribution in [3.8, 4) is 0 Å². The van der Waals surface area contributed by atoms with Crippen molar-refractivity contribution < 1.29 is 19.4 Å². The standard InChI is InChI=1S/C15H20N2O4/c18-14(19)13-3-1-2-12(8-13)9-17-15(20)16-6-4-11-5-7-21-10-11/h1-3,8,11H,4-7,9-10H2,(H,18,19)(H2,16,17,20). The summed E-state index contributed by atoms with van der Waals surface area (Å²) in [5, 5.41) is 14.4. The Morgan fingerprint density at radius 1 is 1.33 bits per heavy atom. The van der Waals surface area contributed by atoms with Crippen LogP contribution >= 0.6 is 0 Å². The minimum Gasteiger partial charge on any atom is -0.478 e. The van der Waals surface area contributed by atoms with Gasteiger partial charge in [0.1, 0.15) is 0 Å². The number of hydrogen-bond donors (Lipinski definition) is 3. The van der Waals surface area contributed by atoms with E-state index in [0.717, 1.165) is 31.6 Å². The van der Waals surface area contributed by atoms with Gasteiger partial charge in [0.2, 0.25) is 0 Å². The number of ether oxygens (including phenoxy) is 1. The minimum absolute atomic E-state index is 0.218. The van der Waals surface area contributed by atoms with Crippen LogP contribution in [-0.4, -0.2) is 36.9 Å². The van der Waals surface area contributed by atoms with Crippen molar-refractivity contribution in [3.63, 3.8) is 0 Å². The number of benzene rings is 1. The molecule has 0 saturated carbocycles. The maximum atomic E-state index is 11.6. The first kappa shape index (κ1) is 15.3. The molecular formula is C15H20N2O4. The highest BCUT2D eigenvalue weighted by atomic mass is 16.5. The van der Waals surface area contributed by atoms with Gasteiger partial charge in [-0.15, -0.1) is 0 Å². The van der Waals surface area contributed by atoms with E-state index < -0.39 is 5.97 Å². The lowest BCUT2D eigenvalue weighted by Crippen LogP contribution is -2.36. The smallest absolute Gasteiger partial charge is 0.335 e. The van der Waals surface area contributed by atoms with E-state index in [9.17, 15) is 9.59 Å². The molecule has 1 unspecified atom stereocenters. The van der Waals surface area contributed by atoms with Crippen molar-refractivity contribution >= 4 is 12.0 Å². The fraction of sp³-hybridized carbons (Fsp3) is 0.467. The van der Waals surface area contributed by atoms with Crippen molar-refractivity contribution in [3.05, 3.63) is 35.4 Å². The SMILES string of the molecule is O=C(NCCC1CCOC1)NCc1cccc(C(=O)O)c1. The molecule has 6 nitrogen and oxygen atoms in total. The predicted molar refractivity (Wildman–Crippen MR) is 77.2 cm³/mol. The molecule has 0 aliphatic carbocycles. The van der Waals surface area contributed by atoms with Gasteiger partial charge in [-0.05, 0) is 36.5 Å². The van der Waals surface area contributed by atoms with Crippen LogP contribution in [0.1, 0.15) is 28.8 Å². The zero-order valence-corrected chi connectivity index (χ0v) is 11.8. The summed E-state index contributed by atoms with van der Waals surface area (Å²) in [4.78, 5) is 22.5. The first-order valence-corrected chi connectivity index (χ1v) is 7.07. The highest BCUT2D eigenvalue weighted by molar-refractivity contribution is 5.87. The fourth-order valence-electron chi connectivity index (χ4n) is 2.26. The molecule has 2 rings (SSSR count). The Morgan fingerprint density at radius 3 is 2.90 bits per heavy atom. The van der Waals surface area contributed by atoms with Crippen molar-refractivity contribution in [1.82, 2.24) is 10.6 Å². The normalized spacial score (nSPS) is 17.4. The van der Waals surface area contributed by atoms with Gasteiger partial charge in [-0.1, -0.05) is 12.1 Å². The van der Waals surface area contributed by atoms with E-state index in [1.165, 1.54) is 6.07 Å². The number of carboxylic acids is 1. The Balaban J connectivity index is 1.68. The lowest BCUT2D eigenvalue weighted by Gasteiger charge is -2.10. The first-order valence-electron chi connectivity index (χ1n) is 7.07. The molecule has 0 radical (unpaired) electrons. The second kappa shape index (κ2) is 7.64. The number of amides is 2. The van der Waals surface area contributed by atoms with Crippen LogP contribution in [0.2, 0.25) is 0 Å². The third-order valence-corrected chi connectivity index (χ3v) is 3.49. The molecule has 0 spiro atoms. The van der Waals surface area contributed by atoms with Crippen molar-refractivity contribution in [2.75, 3.05) is 19.8 Å². The number of hydrogen-bond acceptors (Lipinski definition) is 3. The average Bonchev–Trinajstić information content (AvgIpc) is 2.99. The van der Waals surface area contributed by atoms with E-state index in [1.807, 2.05) is 0 Å². The molecule has 114 valence electrons. The third kappa shape index (κ3) is 5.07. The molecule has 1 saturated heterocycles. The lowest BCUT2D eigenvalue weighted by atomic mass is 10.1. The number of rotatable bonds is 6. The van der Waals surface area contributed by atoms with Crippen LogP contribution in [0, 0.1) is 5.92 Å².